The predicted octanol–water partition coefficient (Wildman–Crippen LogP) is 6.77. The summed E-state index contributed by atoms with van der Waals surface area (Å²) in [6.45, 7) is 23.7. The molecule has 0 spiro atoms. The molecule has 4 aromatic carbocycles. The van der Waals surface area contributed by atoms with Crippen molar-refractivity contribution in [2.24, 2.45) is 11.8 Å². The van der Waals surface area contributed by atoms with E-state index in [-0.39, 0.29) is 24.8 Å². The first kappa shape index (κ1) is 36.1. The van der Waals surface area contributed by atoms with E-state index in [9.17, 15) is 0 Å². The largest absolute Gasteiger partial charge is 1.00 e. The maximum atomic E-state index is 2.68. The van der Waals surface area contributed by atoms with Gasteiger partial charge in [-0.2, -0.15) is 0 Å². The molecule has 0 N–H and O–H groups in total. The van der Waals surface area contributed by atoms with Crippen molar-refractivity contribution in [2.45, 2.75) is 84.7 Å². The normalized spacial score (nSPS) is 18.0. The molecule has 0 saturated carbocycles. The van der Waals surface area contributed by atoms with Crippen molar-refractivity contribution in [3.05, 3.63) is 127 Å². The number of benzene rings is 4. The van der Waals surface area contributed by atoms with E-state index in [4.69, 9.17) is 0 Å². The number of aryl methyl sites for hydroxylation is 6. The molecule has 3 aliphatic rings. The van der Waals surface area contributed by atoms with E-state index in [1.807, 2.05) is 0 Å². The number of rotatable bonds is 6. The van der Waals surface area contributed by atoms with E-state index in [1.54, 1.807) is 22.3 Å². The number of hydrogen-bond acceptors (Lipinski definition) is 0. The summed E-state index contributed by atoms with van der Waals surface area (Å²) in [5.74, 6) is 1.11. The first-order chi connectivity index (χ1) is 21.4. The molecule has 0 nitrogen and oxygen atoms in total. The van der Waals surface area contributed by atoms with E-state index >= 15 is 0 Å². The van der Waals surface area contributed by atoms with Crippen molar-refractivity contribution in [1.29, 1.82) is 0 Å². The molecule has 1 aliphatic heterocycles. The van der Waals surface area contributed by atoms with Crippen LogP contribution in [0.15, 0.2) is 71.8 Å². The van der Waals surface area contributed by atoms with E-state index in [0.29, 0.717) is 19.1 Å². The van der Waals surface area contributed by atoms with E-state index in [1.165, 1.54) is 75.0 Å². The van der Waals surface area contributed by atoms with Gasteiger partial charge in [0, 0.05) is 0 Å². The van der Waals surface area contributed by atoms with Crippen LogP contribution < -0.4 is 24.8 Å². The molecule has 1 fully saturated rings. The van der Waals surface area contributed by atoms with Crippen LogP contribution in [0.25, 0.3) is 34.4 Å². The van der Waals surface area contributed by atoms with E-state index in [0.717, 1.165) is 0 Å². The molecule has 0 amide bonds. The topological polar surface area (TPSA) is 0 Å². The van der Waals surface area contributed by atoms with Gasteiger partial charge < -0.3 is 24.8 Å². The molecule has 244 valence electrons. The molecule has 0 radical (unpaired) electrons. The van der Waals surface area contributed by atoms with Crippen molar-refractivity contribution in [3.63, 3.8) is 0 Å². The van der Waals surface area contributed by atoms with Crippen LogP contribution in [0.1, 0.15) is 90.6 Å². The van der Waals surface area contributed by atoms with E-state index in [2.05, 4.69) is 142 Å². The summed E-state index contributed by atoms with van der Waals surface area (Å²) in [5, 5.41) is 0. The molecule has 4 aromatic rings. The molecular formula is C44H50Cl2Zr. The Labute approximate surface area is 301 Å². The monoisotopic (exact) mass is 738 g/mol. The minimum Gasteiger partial charge on any atom is -1.00 e. The van der Waals surface area contributed by atoms with Gasteiger partial charge in [-0.3, -0.25) is 0 Å². The summed E-state index contributed by atoms with van der Waals surface area (Å²) in [6.07, 6.45) is 5.36. The second kappa shape index (κ2) is 13.3. The number of halogens is 2. The zero-order valence-electron chi connectivity index (χ0n) is 29.9. The van der Waals surface area contributed by atoms with Gasteiger partial charge in [-0.25, -0.2) is 0 Å². The van der Waals surface area contributed by atoms with Crippen LogP contribution in [0.5, 0.6) is 0 Å². The van der Waals surface area contributed by atoms with Crippen LogP contribution in [0.3, 0.4) is 0 Å². The Bertz CT molecular complexity index is 1800. The zero-order chi connectivity index (χ0) is 31.9. The minimum atomic E-state index is -2.88. The SMILES string of the molecule is Cc1ccc(C)c(-c2ccc(C)c3c2C=C(C(C)C)[CH]3[Zr+2]2([CH]3C(C(C)C)=Cc4c(-c5cc(C)ccc5C)ccc(C)c43)[CH2][CH2]2)c1.[Cl-].[Cl-]. The molecule has 3 heteroatoms. The summed E-state index contributed by atoms with van der Waals surface area (Å²) in [5.41, 5.74) is 24.1. The average molecular weight is 741 g/mol. The quantitative estimate of drug-likeness (QED) is 0.205. The van der Waals surface area contributed by atoms with Crippen LogP contribution in [-0.2, 0) is 20.3 Å². The Morgan fingerprint density at radius 2 is 0.851 bits per heavy atom. The van der Waals surface area contributed by atoms with Gasteiger partial charge in [0.1, 0.15) is 0 Å². The van der Waals surface area contributed by atoms with Gasteiger partial charge in [0.05, 0.1) is 0 Å². The van der Waals surface area contributed by atoms with Crippen LogP contribution in [0, 0.1) is 53.4 Å². The molecule has 0 bridgehead atoms. The molecular weight excluding hydrogens is 691 g/mol. The Morgan fingerprint density at radius 1 is 0.489 bits per heavy atom. The Hall–Kier alpha value is -2.18. The number of fused-ring (bicyclic) bond motifs is 2. The van der Waals surface area contributed by atoms with E-state index < -0.39 is 20.3 Å². The minimum absolute atomic E-state index is 0. The predicted molar refractivity (Wildman–Crippen MR) is 193 cm³/mol. The fourth-order valence-corrected chi connectivity index (χ4v) is 27.6. The van der Waals surface area contributed by atoms with Crippen molar-refractivity contribution < 1.29 is 45.1 Å². The van der Waals surface area contributed by atoms with Crippen LogP contribution in [0.2, 0.25) is 8.26 Å². The van der Waals surface area contributed by atoms with Crippen molar-refractivity contribution in [1.82, 2.24) is 0 Å². The summed E-state index contributed by atoms with van der Waals surface area (Å²) in [4.78, 5) is 0. The third kappa shape index (κ3) is 5.81. The van der Waals surface area contributed by atoms with Crippen molar-refractivity contribution >= 4 is 12.2 Å². The van der Waals surface area contributed by atoms with Gasteiger partial charge in [-0.15, -0.1) is 0 Å². The summed E-state index contributed by atoms with van der Waals surface area (Å²) < 4.78 is 4.30. The molecule has 1 saturated heterocycles. The van der Waals surface area contributed by atoms with Crippen LogP contribution in [0.4, 0.5) is 0 Å². The van der Waals surface area contributed by atoms with Gasteiger partial charge >= 0.3 is 279 Å². The third-order valence-electron chi connectivity index (χ3n) is 11.6. The molecule has 2 atom stereocenters. The van der Waals surface area contributed by atoms with Crippen LogP contribution in [-0.4, -0.2) is 0 Å². The molecule has 7 rings (SSSR count). The smallest absolute Gasteiger partial charge is 1.00 e. The Morgan fingerprint density at radius 3 is 1.19 bits per heavy atom. The van der Waals surface area contributed by atoms with Gasteiger partial charge in [0.15, 0.2) is 0 Å². The van der Waals surface area contributed by atoms with Crippen molar-refractivity contribution in [3.8, 4) is 22.3 Å². The number of allylic oxidation sites excluding steroid dienone is 2. The number of hydrogen-bond donors (Lipinski definition) is 0. The first-order valence-corrected chi connectivity index (χ1v) is 23.6. The molecule has 47 heavy (non-hydrogen) atoms. The third-order valence-corrected chi connectivity index (χ3v) is 24.3. The summed E-state index contributed by atoms with van der Waals surface area (Å²) >= 11 is -2.88. The maximum absolute atomic E-state index is 2.88. The van der Waals surface area contributed by atoms with Crippen LogP contribution >= 0.6 is 0 Å². The maximum Gasteiger partial charge on any atom is -1.00 e. The zero-order valence-corrected chi connectivity index (χ0v) is 33.9. The second-order valence-electron chi connectivity index (χ2n) is 15.3. The Balaban J connectivity index is 0.00000217. The summed E-state index contributed by atoms with van der Waals surface area (Å²) in [7, 11) is 0. The second-order valence-corrected chi connectivity index (χ2v) is 26.7. The van der Waals surface area contributed by atoms with Crippen molar-refractivity contribution in [2.75, 3.05) is 0 Å². The average Bonchev–Trinajstić information content (AvgIpc) is 3.49. The van der Waals surface area contributed by atoms with Gasteiger partial charge in [-0.1, -0.05) is 0 Å². The summed E-state index contributed by atoms with van der Waals surface area (Å²) in [6, 6.07) is 23.7. The fraction of sp³-hybridized carbons (Fsp3) is 0.364. The van der Waals surface area contributed by atoms with Gasteiger partial charge in [0.2, 0.25) is 0 Å². The standard InChI is InChI=1S/2C21H23.C2H4.2ClH.Zr/c2*1-13(2)17-11-20-16(5)8-9-18(21(20)12-17)19-10-14(3)6-7-15(19)4;1-2;;;/h2*6-13H,1-5H3;1-2H2;2*1H;/q;;;;;+2/p-2. The first-order valence-electron chi connectivity index (χ1n) is 17.3. The molecule has 2 aliphatic carbocycles. The van der Waals surface area contributed by atoms with Gasteiger partial charge in [0.25, 0.3) is 0 Å². The molecule has 1 heterocycles. The fourth-order valence-electron chi connectivity index (χ4n) is 9.05. The van der Waals surface area contributed by atoms with Gasteiger partial charge in [-0.05, 0) is 0 Å². The molecule has 0 aromatic heterocycles. The Kier molecular flexibility index (Phi) is 10.2. The molecule has 2 unspecified atom stereocenters.